The Morgan fingerprint density at radius 1 is 1.28 bits per heavy atom. The molecule has 1 aromatic rings. The Morgan fingerprint density at radius 3 is 3.06 bits per heavy atom. The number of benzene rings is 1. The zero-order valence-corrected chi connectivity index (χ0v) is 11.8. The maximum atomic E-state index is 5.99. The van der Waals surface area contributed by atoms with Gasteiger partial charge in [-0.05, 0) is 37.0 Å². The highest BCUT2D eigenvalue weighted by Crippen LogP contribution is 2.34. The molecule has 2 unspecified atom stereocenters. The van der Waals surface area contributed by atoms with Crippen LogP contribution in [0.3, 0.4) is 0 Å². The molecule has 0 spiro atoms. The van der Waals surface area contributed by atoms with E-state index >= 15 is 0 Å². The number of halogens is 1. The molecule has 0 amide bonds. The summed E-state index contributed by atoms with van der Waals surface area (Å²) in [6.45, 7) is 0. The van der Waals surface area contributed by atoms with E-state index in [2.05, 4.69) is 5.32 Å². The van der Waals surface area contributed by atoms with Gasteiger partial charge in [0.1, 0.15) is 0 Å². The van der Waals surface area contributed by atoms with Gasteiger partial charge < -0.3 is 5.32 Å². The van der Waals surface area contributed by atoms with Gasteiger partial charge in [0.15, 0.2) is 5.17 Å². The average Bonchev–Trinajstić information content (AvgIpc) is 2.39. The molecule has 3 rings (SSSR count). The zero-order valence-electron chi connectivity index (χ0n) is 10.2. The van der Waals surface area contributed by atoms with Crippen molar-refractivity contribution in [2.24, 2.45) is 10.9 Å². The molecule has 0 saturated heterocycles. The molecule has 2 nitrogen and oxygen atoms in total. The third kappa shape index (κ3) is 2.83. The Balaban J connectivity index is 1.71. The van der Waals surface area contributed by atoms with Crippen LogP contribution in [-0.4, -0.2) is 17.0 Å². The van der Waals surface area contributed by atoms with E-state index in [4.69, 9.17) is 16.6 Å². The highest BCUT2D eigenvalue weighted by molar-refractivity contribution is 8.14. The molecule has 4 heteroatoms. The number of rotatable bonds is 1. The summed E-state index contributed by atoms with van der Waals surface area (Å²) in [5.41, 5.74) is 1.03. The Labute approximate surface area is 117 Å². The second kappa shape index (κ2) is 5.54. The summed E-state index contributed by atoms with van der Waals surface area (Å²) in [6.07, 6.45) is 5.33. The van der Waals surface area contributed by atoms with Gasteiger partial charge in [0, 0.05) is 16.5 Å². The number of fused-ring (bicyclic) bond motifs is 1. The number of nitrogens with zero attached hydrogens (tertiary/aromatic N) is 1. The predicted molar refractivity (Wildman–Crippen MR) is 80.7 cm³/mol. The highest BCUT2D eigenvalue weighted by Gasteiger charge is 2.28. The maximum Gasteiger partial charge on any atom is 0.161 e. The number of amidine groups is 1. The van der Waals surface area contributed by atoms with Crippen molar-refractivity contribution < 1.29 is 0 Å². The summed E-state index contributed by atoms with van der Waals surface area (Å²) < 4.78 is 0. The van der Waals surface area contributed by atoms with Crippen molar-refractivity contribution in [1.82, 2.24) is 0 Å². The number of aliphatic imine (C=N–C) groups is 1. The van der Waals surface area contributed by atoms with Crippen molar-refractivity contribution in [3.05, 3.63) is 29.3 Å². The summed E-state index contributed by atoms with van der Waals surface area (Å²) in [5.74, 6) is 2.01. The maximum absolute atomic E-state index is 5.99. The molecule has 1 saturated carbocycles. The number of hydrogen-bond acceptors (Lipinski definition) is 3. The fourth-order valence-corrected chi connectivity index (χ4v) is 4.04. The lowest BCUT2D eigenvalue weighted by molar-refractivity contribution is 0.336. The monoisotopic (exact) mass is 280 g/mol. The number of thioether (sulfide) groups is 1. The van der Waals surface area contributed by atoms with Gasteiger partial charge >= 0.3 is 0 Å². The normalized spacial score (nSPS) is 27.3. The van der Waals surface area contributed by atoms with E-state index in [1.165, 1.54) is 31.4 Å². The van der Waals surface area contributed by atoms with E-state index < -0.39 is 0 Å². The molecule has 1 fully saturated rings. The second-order valence-corrected chi connectivity index (χ2v) is 6.44. The lowest BCUT2D eigenvalue weighted by Gasteiger charge is -2.32. The smallest absolute Gasteiger partial charge is 0.161 e. The fourth-order valence-electron chi connectivity index (χ4n) is 2.68. The van der Waals surface area contributed by atoms with Gasteiger partial charge in [-0.15, -0.1) is 0 Å². The number of hydrogen-bond donors (Lipinski definition) is 1. The Hall–Kier alpha value is -0.670. The van der Waals surface area contributed by atoms with Crippen molar-refractivity contribution in [3.63, 3.8) is 0 Å². The molecular formula is C14H17ClN2S. The molecule has 1 aliphatic heterocycles. The lowest BCUT2D eigenvalue weighted by atomic mass is 9.86. The highest BCUT2D eigenvalue weighted by atomic mass is 35.5. The van der Waals surface area contributed by atoms with Gasteiger partial charge in [0.05, 0.1) is 6.04 Å². The molecule has 0 aromatic heterocycles. The molecular weight excluding hydrogens is 264 g/mol. The van der Waals surface area contributed by atoms with Crippen molar-refractivity contribution in [2.75, 3.05) is 11.1 Å². The van der Waals surface area contributed by atoms with Crippen molar-refractivity contribution in [1.29, 1.82) is 0 Å². The van der Waals surface area contributed by atoms with Gasteiger partial charge in [-0.1, -0.05) is 42.3 Å². The molecule has 0 radical (unpaired) electrons. The quantitative estimate of drug-likeness (QED) is 0.824. The number of anilines is 1. The van der Waals surface area contributed by atoms with Crippen LogP contribution in [0.5, 0.6) is 0 Å². The molecule has 1 aliphatic carbocycles. The van der Waals surface area contributed by atoms with Crippen LogP contribution in [0.25, 0.3) is 0 Å². The predicted octanol–water partition coefficient (Wildman–Crippen LogP) is 4.41. The first-order valence-electron chi connectivity index (χ1n) is 6.54. The van der Waals surface area contributed by atoms with E-state index in [0.29, 0.717) is 6.04 Å². The SMILES string of the molecule is Clc1cccc(NC2=NC3CCCCC3CS2)c1. The van der Waals surface area contributed by atoms with E-state index in [-0.39, 0.29) is 0 Å². The van der Waals surface area contributed by atoms with Gasteiger partial charge in [-0.25, -0.2) is 0 Å². The summed E-state index contributed by atoms with van der Waals surface area (Å²) in [7, 11) is 0. The average molecular weight is 281 g/mol. The largest absolute Gasteiger partial charge is 0.335 e. The van der Waals surface area contributed by atoms with Gasteiger partial charge in [-0.3, -0.25) is 4.99 Å². The summed E-state index contributed by atoms with van der Waals surface area (Å²) in [6, 6.07) is 8.36. The fraction of sp³-hybridized carbons (Fsp3) is 0.500. The summed E-state index contributed by atoms with van der Waals surface area (Å²) in [5, 5.41) is 5.20. The Bertz CT molecular complexity index is 461. The van der Waals surface area contributed by atoms with E-state index in [0.717, 1.165) is 21.8 Å². The molecule has 1 aromatic carbocycles. The standard InChI is InChI=1S/C14H17ClN2S/c15-11-5-3-6-12(8-11)16-14-17-13-7-2-1-4-10(13)9-18-14/h3,5-6,8,10,13H,1-2,4,7,9H2,(H,16,17). The minimum atomic E-state index is 0.543. The van der Waals surface area contributed by atoms with Crippen LogP contribution in [0.4, 0.5) is 5.69 Å². The van der Waals surface area contributed by atoms with Crippen molar-refractivity contribution >= 4 is 34.2 Å². The van der Waals surface area contributed by atoms with Crippen LogP contribution in [0.2, 0.25) is 5.02 Å². The molecule has 18 heavy (non-hydrogen) atoms. The molecule has 1 heterocycles. The van der Waals surface area contributed by atoms with Crippen molar-refractivity contribution in [3.8, 4) is 0 Å². The second-order valence-electron chi connectivity index (χ2n) is 4.99. The van der Waals surface area contributed by atoms with Gasteiger partial charge in [0.2, 0.25) is 0 Å². The minimum absolute atomic E-state index is 0.543. The first-order chi connectivity index (χ1) is 8.81. The third-order valence-electron chi connectivity index (χ3n) is 3.66. The van der Waals surface area contributed by atoms with Crippen molar-refractivity contribution in [2.45, 2.75) is 31.7 Å². The van der Waals surface area contributed by atoms with Crippen LogP contribution in [0.15, 0.2) is 29.3 Å². The molecule has 1 N–H and O–H groups in total. The molecule has 2 atom stereocenters. The lowest BCUT2D eigenvalue weighted by Crippen LogP contribution is -2.31. The summed E-state index contributed by atoms with van der Waals surface area (Å²) >= 11 is 7.83. The first-order valence-corrected chi connectivity index (χ1v) is 7.91. The van der Waals surface area contributed by atoms with Crippen LogP contribution >= 0.6 is 23.4 Å². The van der Waals surface area contributed by atoms with Gasteiger partial charge in [0.25, 0.3) is 0 Å². The Morgan fingerprint density at radius 2 is 2.17 bits per heavy atom. The Kier molecular flexibility index (Phi) is 3.80. The van der Waals surface area contributed by atoms with Gasteiger partial charge in [-0.2, -0.15) is 0 Å². The van der Waals surface area contributed by atoms with Crippen LogP contribution in [0, 0.1) is 5.92 Å². The third-order valence-corrected chi connectivity index (χ3v) is 4.97. The molecule has 2 aliphatic rings. The first kappa shape index (κ1) is 12.4. The van der Waals surface area contributed by atoms with Crippen LogP contribution in [0.1, 0.15) is 25.7 Å². The van der Waals surface area contributed by atoms with Crippen LogP contribution in [-0.2, 0) is 0 Å². The van der Waals surface area contributed by atoms with E-state index in [1.807, 2.05) is 36.0 Å². The summed E-state index contributed by atoms with van der Waals surface area (Å²) in [4.78, 5) is 4.85. The van der Waals surface area contributed by atoms with E-state index in [9.17, 15) is 0 Å². The zero-order chi connectivity index (χ0) is 12.4. The van der Waals surface area contributed by atoms with E-state index in [1.54, 1.807) is 0 Å². The number of nitrogens with one attached hydrogen (secondary N) is 1. The topological polar surface area (TPSA) is 24.4 Å². The molecule has 96 valence electrons. The molecule has 0 bridgehead atoms. The minimum Gasteiger partial charge on any atom is -0.335 e. The van der Waals surface area contributed by atoms with Crippen LogP contribution < -0.4 is 5.32 Å².